The minimum atomic E-state index is -1.01. The van der Waals surface area contributed by atoms with Crippen molar-refractivity contribution in [3.63, 3.8) is 0 Å². The van der Waals surface area contributed by atoms with E-state index in [2.05, 4.69) is 17.0 Å². The zero-order chi connectivity index (χ0) is 20.4. The van der Waals surface area contributed by atoms with Gasteiger partial charge in [-0.25, -0.2) is 0 Å². The van der Waals surface area contributed by atoms with Crippen LogP contribution in [0.5, 0.6) is 0 Å². The molecule has 0 N–H and O–H groups in total. The Balaban J connectivity index is 1.83. The van der Waals surface area contributed by atoms with Crippen molar-refractivity contribution in [1.29, 1.82) is 0 Å². The molecule has 4 atom stereocenters. The van der Waals surface area contributed by atoms with E-state index < -0.39 is 10.8 Å². The molecular formula is C23H26N2O4. The molecule has 4 aliphatic rings. The average molecular weight is 394 g/mol. The van der Waals surface area contributed by atoms with Gasteiger partial charge in [-0.2, -0.15) is 0 Å². The number of nitrogens with zero attached hydrogens (tertiary/aromatic N) is 2. The van der Waals surface area contributed by atoms with Crippen molar-refractivity contribution in [2.45, 2.75) is 38.1 Å². The lowest BCUT2D eigenvalue weighted by Crippen LogP contribution is -2.75. The van der Waals surface area contributed by atoms with Gasteiger partial charge in [-0.15, -0.1) is 0 Å². The van der Waals surface area contributed by atoms with Crippen molar-refractivity contribution >= 4 is 23.3 Å². The van der Waals surface area contributed by atoms with Gasteiger partial charge < -0.3 is 9.47 Å². The normalized spacial score (nSPS) is 35.7. The van der Waals surface area contributed by atoms with Gasteiger partial charge in [0.1, 0.15) is 12.0 Å². The van der Waals surface area contributed by atoms with Crippen LogP contribution in [0.25, 0.3) is 0 Å². The predicted octanol–water partition coefficient (Wildman–Crippen LogP) is 2.79. The smallest absolute Gasteiger partial charge is 0.317 e. The fourth-order valence-electron chi connectivity index (χ4n) is 6.52. The summed E-state index contributed by atoms with van der Waals surface area (Å²) in [6, 6.07) is 8.31. The Bertz CT molecular complexity index is 967. The monoisotopic (exact) mass is 394 g/mol. The van der Waals surface area contributed by atoms with Gasteiger partial charge in [0, 0.05) is 31.6 Å². The molecule has 6 nitrogen and oxygen atoms in total. The number of fused-ring (bicyclic) bond motifs is 2. The molecule has 1 saturated carbocycles. The lowest BCUT2D eigenvalue weighted by atomic mass is 9.43. The number of rotatable bonds is 3. The molecule has 0 unspecified atom stereocenters. The van der Waals surface area contributed by atoms with Crippen LogP contribution in [0, 0.1) is 11.3 Å². The standard InChI is InChI=1S/C23H26N2O4/c1-4-15-12-25-10-9-22-16-7-5-6-8-18(16)24-20(22)19(25)11-17(15)23(22,21(27)28-3)13-29-14(2)26/h4-8,17,19H,9-13H2,1-3H3/b15-4-/t17-,19-,22+,23-/m0/s1. The summed E-state index contributed by atoms with van der Waals surface area (Å²) in [4.78, 5) is 33.1. The summed E-state index contributed by atoms with van der Waals surface area (Å²) in [7, 11) is 1.44. The van der Waals surface area contributed by atoms with Gasteiger partial charge in [0.25, 0.3) is 0 Å². The Labute approximate surface area is 170 Å². The second-order valence-corrected chi connectivity index (χ2v) is 8.55. The van der Waals surface area contributed by atoms with Crippen molar-refractivity contribution < 1.29 is 19.1 Å². The first-order valence-corrected chi connectivity index (χ1v) is 10.3. The quantitative estimate of drug-likeness (QED) is 0.583. The Morgan fingerprint density at radius 3 is 2.86 bits per heavy atom. The first kappa shape index (κ1) is 18.6. The third kappa shape index (κ3) is 2.13. The lowest BCUT2D eigenvalue weighted by Gasteiger charge is -2.64. The van der Waals surface area contributed by atoms with Gasteiger partial charge in [-0.05, 0) is 31.4 Å². The SMILES string of the molecule is C/C=C1/CN2CC[C@]34C(=Nc5ccccc53)[C@@H]2C[C@@H]1[C@@]4(COC(C)=O)C(=O)OC. The zero-order valence-electron chi connectivity index (χ0n) is 17.1. The molecule has 0 radical (unpaired) electrons. The van der Waals surface area contributed by atoms with Crippen LogP contribution in [0.3, 0.4) is 0 Å². The maximum atomic E-state index is 13.7. The summed E-state index contributed by atoms with van der Waals surface area (Å²) < 4.78 is 11.1. The number of aliphatic imine (C=N–C) groups is 1. The molecule has 5 rings (SSSR count). The summed E-state index contributed by atoms with van der Waals surface area (Å²) in [6.07, 6.45) is 3.69. The Kier molecular flexibility index (Phi) is 4.01. The first-order valence-electron chi connectivity index (χ1n) is 10.3. The predicted molar refractivity (Wildman–Crippen MR) is 108 cm³/mol. The van der Waals surface area contributed by atoms with E-state index in [0.29, 0.717) is 0 Å². The molecule has 29 heavy (non-hydrogen) atoms. The van der Waals surface area contributed by atoms with E-state index in [-0.39, 0.29) is 30.5 Å². The zero-order valence-corrected chi connectivity index (χ0v) is 17.1. The first-order chi connectivity index (χ1) is 14.0. The van der Waals surface area contributed by atoms with E-state index in [0.717, 1.165) is 42.9 Å². The molecule has 2 saturated heterocycles. The van der Waals surface area contributed by atoms with Crippen molar-refractivity contribution in [2.24, 2.45) is 16.3 Å². The van der Waals surface area contributed by atoms with E-state index in [4.69, 9.17) is 14.5 Å². The molecule has 0 amide bonds. The summed E-state index contributed by atoms with van der Waals surface area (Å²) in [5.74, 6) is -0.737. The lowest BCUT2D eigenvalue weighted by molar-refractivity contribution is -0.176. The highest BCUT2D eigenvalue weighted by molar-refractivity contribution is 6.11. The Morgan fingerprint density at radius 1 is 1.34 bits per heavy atom. The summed E-state index contributed by atoms with van der Waals surface area (Å²) in [6.45, 7) is 5.13. The fraction of sp³-hybridized carbons (Fsp3) is 0.522. The molecule has 3 heterocycles. The van der Waals surface area contributed by atoms with Crippen LogP contribution in [0.2, 0.25) is 0 Å². The summed E-state index contributed by atoms with van der Waals surface area (Å²) in [5.41, 5.74) is 2.65. The summed E-state index contributed by atoms with van der Waals surface area (Å²) >= 11 is 0. The number of esters is 2. The number of hydrogen-bond acceptors (Lipinski definition) is 6. The fourth-order valence-corrected chi connectivity index (χ4v) is 6.52. The van der Waals surface area contributed by atoms with Gasteiger partial charge in [-0.3, -0.25) is 19.5 Å². The third-order valence-electron chi connectivity index (χ3n) is 7.64. The van der Waals surface area contributed by atoms with Crippen molar-refractivity contribution in [3.8, 4) is 0 Å². The van der Waals surface area contributed by atoms with E-state index in [1.807, 2.05) is 25.1 Å². The third-order valence-corrected chi connectivity index (χ3v) is 7.64. The molecule has 3 bridgehead atoms. The second-order valence-electron chi connectivity index (χ2n) is 8.55. The van der Waals surface area contributed by atoms with Gasteiger partial charge in [0.15, 0.2) is 0 Å². The number of piperidine rings is 2. The Morgan fingerprint density at radius 2 is 2.14 bits per heavy atom. The number of carbonyl (C=O) groups excluding carboxylic acids is 2. The van der Waals surface area contributed by atoms with Gasteiger partial charge in [0.05, 0.1) is 24.3 Å². The van der Waals surface area contributed by atoms with Crippen molar-refractivity contribution in [1.82, 2.24) is 4.90 Å². The second kappa shape index (κ2) is 6.26. The van der Waals surface area contributed by atoms with E-state index in [1.165, 1.54) is 19.6 Å². The van der Waals surface area contributed by atoms with Gasteiger partial charge >= 0.3 is 11.9 Å². The summed E-state index contributed by atoms with van der Waals surface area (Å²) in [5, 5.41) is 0. The number of carbonyl (C=O) groups is 2. The highest BCUT2D eigenvalue weighted by atomic mass is 16.5. The van der Waals surface area contributed by atoms with Gasteiger partial charge in [0.2, 0.25) is 0 Å². The van der Waals surface area contributed by atoms with E-state index in [9.17, 15) is 9.59 Å². The minimum absolute atomic E-state index is 0.0110. The number of hydrogen-bond donors (Lipinski definition) is 0. The van der Waals surface area contributed by atoms with E-state index in [1.54, 1.807) is 0 Å². The van der Waals surface area contributed by atoms with Crippen LogP contribution >= 0.6 is 0 Å². The molecule has 1 aromatic rings. The van der Waals surface area contributed by atoms with Crippen LogP contribution in [0.15, 0.2) is 40.9 Å². The molecule has 1 aliphatic carbocycles. The number of allylic oxidation sites excluding steroid dienone is 1. The van der Waals surface area contributed by atoms with Crippen molar-refractivity contribution in [2.75, 3.05) is 26.8 Å². The average Bonchev–Trinajstić information content (AvgIpc) is 3.09. The maximum absolute atomic E-state index is 13.7. The highest BCUT2D eigenvalue weighted by Crippen LogP contribution is 2.66. The van der Waals surface area contributed by atoms with Crippen LogP contribution in [0.4, 0.5) is 5.69 Å². The number of para-hydroxylation sites is 1. The number of benzene rings is 1. The molecule has 152 valence electrons. The molecule has 3 fully saturated rings. The van der Waals surface area contributed by atoms with Crippen LogP contribution in [-0.4, -0.2) is 55.4 Å². The van der Waals surface area contributed by atoms with Gasteiger partial charge in [-0.1, -0.05) is 29.8 Å². The Hall–Kier alpha value is -2.47. The van der Waals surface area contributed by atoms with Crippen LogP contribution in [0.1, 0.15) is 32.3 Å². The minimum Gasteiger partial charge on any atom is -0.468 e. The van der Waals surface area contributed by atoms with E-state index >= 15 is 0 Å². The topological polar surface area (TPSA) is 68.2 Å². The molecule has 0 spiro atoms. The molecule has 0 aromatic heterocycles. The molecule has 3 aliphatic heterocycles. The molecular weight excluding hydrogens is 368 g/mol. The maximum Gasteiger partial charge on any atom is 0.317 e. The van der Waals surface area contributed by atoms with Crippen LogP contribution in [-0.2, 0) is 24.5 Å². The van der Waals surface area contributed by atoms with Crippen LogP contribution < -0.4 is 0 Å². The largest absolute Gasteiger partial charge is 0.468 e. The molecule has 1 aromatic carbocycles. The number of ether oxygens (including phenoxy) is 2. The molecule has 6 heteroatoms. The highest BCUT2D eigenvalue weighted by Gasteiger charge is 2.74. The number of methoxy groups -OCH3 is 1. The van der Waals surface area contributed by atoms with Crippen molar-refractivity contribution in [3.05, 3.63) is 41.5 Å².